The Hall–Kier alpha value is -1.36. The molecule has 0 saturated heterocycles. The first kappa shape index (κ1) is 14.1. The van der Waals surface area contributed by atoms with Gasteiger partial charge in [-0.3, -0.25) is 0 Å². The van der Waals surface area contributed by atoms with E-state index in [4.69, 9.17) is 4.74 Å². The van der Waals surface area contributed by atoms with Gasteiger partial charge in [0.2, 0.25) is 5.95 Å². The maximum atomic E-state index is 5.75. The summed E-state index contributed by atoms with van der Waals surface area (Å²) in [7, 11) is 1.83. The summed E-state index contributed by atoms with van der Waals surface area (Å²) in [5, 5.41) is 6.50. The van der Waals surface area contributed by atoms with Crippen LogP contribution in [0, 0.1) is 12.3 Å². The van der Waals surface area contributed by atoms with Crippen LogP contribution in [0.25, 0.3) is 0 Å². The molecule has 2 atom stereocenters. The standard InChI is InChI=1S/C14H24N4O/c1-6-19-11-7-10(14(11,3)4)17-12-9(2)8-16-13(15-5)18-12/h8,10-11H,6-7H2,1-5H3,(H2,15,16,17,18). The molecule has 0 bridgehead atoms. The molecule has 2 N–H and O–H groups in total. The normalized spacial score (nSPS) is 24.7. The summed E-state index contributed by atoms with van der Waals surface area (Å²) in [5.74, 6) is 1.55. The molecule has 0 aromatic carbocycles. The monoisotopic (exact) mass is 264 g/mol. The maximum absolute atomic E-state index is 5.75. The van der Waals surface area contributed by atoms with Gasteiger partial charge in [-0.15, -0.1) is 0 Å². The van der Waals surface area contributed by atoms with E-state index >= 15 is 0 Å². The molecule has 2 rings (SSSR count). The van der Waals surface area contributed by atoms with Crippen LogP contribution in [0.5, 0.6) is 0 Å². The van der Waals surface area contributed by atoms with E-state index < -0.39 is 0 Å². The lowest BCUT2D eigenvalue weighted by Gasteiger charge is -2.51. The smallest absolute Gasteiger partial charge is 0.224 e. The van der Waals surface area contributed by atoms with E-state index in [9.17, 15) is 0 Å². The molecule has 1 heterocycles. The summed E-state index contributed by atoms with van der Waals surface area (Å²) in [6.45, 7) is 9.32. The molecule has 0 radical (unpaired) electrons. The summed E-state index contributed by atoms with van der Waals surface area (Å²) in [6.07, 6.45) is 3.20. The molecule has 19 heavy (non-hydrogen) atoms. The van der Waals surface area contributed by atoms with Gasteiger partial charge >= 0.3 is 0 Å². The lowest BCUT2D eigenvalue weighted by molar-refractivity contribution is -0.0976. The van der Waals surface area contributed by atoms with Gasteiger partial charge in [-0.2, -0.15) is 4.98 Å². The van der Waals surface area contributed by atoms with Gasteiger partial charge in [0.1, 0.15) is 5.82 Å². The molecule has 5 nitrogen and oxygen atoms in total. The molecule has 1 saturated carbocycles. The number of aryl methyl sites for hydroxylation is 1. The van der Waals surface area contributed by atoms with Crippen molar-refractivity contribution in [3.05, 3.63) is 11.8 Å². The number of ether oxygens (including phenoxy) is 1. The van der Waals surface area contributed by atoms with Gasteiger partial charge in [-0.05, 0) is 20.3 Å². The molecule has 0 aliphatic heterocycles. The molecule has 1 aromatic rings. The minimum absolute atomic E-state index is 0.132. The summed E-state index contributed by atoms with van der Waals surface area (Å²) < 4.78 is 5.75. The predicted octanol–water partition coefficient (Wildman–Crippen LogP) is 2.44. The van der Waals surface area contributed by atoms with Crippen molar-refractivity contribution in [2.24, 2.45) is 5.41 Å². The maximum Gasteiger partial charge on any atom is 0.224 e. The lowest BCUT2D eigenvalue weighted by Crippen LogP contribution is -2.58. The summed E-state index contributed by atoms with van der Waals surface area (Å²) in [6, 6.07) is 0.391. The number of hydrogen-bond donors (Lipinski definition) is 2. The fourth-order valence-corrected chi connectivity index (χ4v) is 2.49. The van der Waals surface area contributed by atoms with Crippen molar-refractivity contribution in [1.82, 2.24) is 9.97 Å². The number of hydrogen-bond acceptors (Lipinski definition) is 5. The predicted molar refractivity (Wildman–Crippen MR) is 77.5 cm³/mol. The Bertz CT molecular complexity index is 447. The third kappa shape index (κ3) is 2.66. The average molecular weight is 264 g/mol. The number of nitrogens with one attached hydrogen (secondary N) is 2. The van der Waals surface area contributed by atoms with Crippen LogP contribution in [0.15, 0.2) is 6.20 Å². The first-order valence-electron chi connectivity index (χ1n) is 6.88. The van der Waals surface area contributed by atoms with Crippen LogP contribution in [0.1, 0.15) is 32.8 Å². The van der Waals surface area contributed by atoms with E-state index in [0.29, 0.717) is 18.1 Å². The van der Waals surface area contributed by atoms with Crippen molar-refractivity contribution in [2.45, 2.75) is 46.3 Å². The lowest BCUT2D eigenvalue weighted by atomic mass is 9.64. The highest BCUT2D eigenvalue weighted by molar-refractivity contribution is 5.48. The molecule has 1 fully saturated rings. The summed E-state index contributed by atoms with van der Waals surface area (Å²) in [4.78, 5) is 8.68. The summed E-state index contributed by atoms with van der Waals surface area (Å²) in [5.41, 5.74) is 1.20. The van der Waals surface area contributed by atoms with Crippen molar-refractivity contribution in [2.75, 3.05) is 24.3 Å². The second-order valence-corrected chi connectivity index (χ2v) is 5.67. The van der Waals surface area contributed by atoms with Crippen LogP contribution >= 0.6 is 0 Å². The molecular weight excluding hydrogens is 240 g/mol. The van der Waals surface area contributed by atoms with Gasteiger partial charge in [-0.25, -0.2) is 4.98 Å². The van der Waals surface area contributed by atoms with E-state index in [1.165, 1.54) is 0 Å². The van der Waals surface area contributed by atoms with Gasteiger partial charge in [-0.1, -0.05) is 13.8 Å². The fraction of sp³-hybridized carbons (Fsp3) is 0.714. The molecule has 1 aliphatic carbocycles. The molecule has 0 amide bonds. The van der Waals surface area contributed by atoms with E-state index in [-0.39, 0.29) is 5.41 Å². The Morgan fingerprint density at radius 3 is 2.79 bits per heavy atom. The third-order valence-corrected chi connectivity index (χ3v) is 4.05. The topological polar surface area (TPSA) is 59.1 Å². The Balaban J connectivity index is 2.07. The van der Waals surface area contributed by atoms with Gasteiger partial charge < -0.3 is 15.4 Å². The van der Waals surface area contributed by atoms with Crippen LogP contribution in [0.3, 0.4) is 0 Å². The van der Waals surface area contributed by atoms with Crippen molar-refractivity contribution < 1.29 is 4.74 Å². The molecule has 1 aromatic heterocycles. The minimum atomic E-state index is 0.132. The molecule has 0 spiro atoms. The SMILES string of the molecule is CCOC1CC(Nc2nc(NC)ncc2C)C1(C)C. The van der Waals surface area contributed by atoms with Crippen molar-refractivity contribution in [3.8, 4) is 0 Å². The molecular formula is C14H24N4O. The first-order chi connectivity index (χ1) is 8.98. The van der Waals surface area contributed by atoms with Crippen LogP contribution in [0.2, 0.25) is 0 Å². The fourth-order valence-electron chi connectivity index (χ4n) is 2.49. The minimum Gasteiger partial charge on any atom is -0.378 e. The molecule has 5 heteroatoms. The summed E-state index contributed by atoms with van der Waals surface area (Å²) >= 11 is 0. The highest BCUT2D eigenvalue weighted by Crippen LogP contribution is 2.44. The van der Waals surface area contributed by atoms with Crippen LogP contribution in [-0.4, -0.2) is 35.8 Å². The van der Waals surface area contributed by atoms with E-state index in [0.717, 1.165) is 24.4 Å². The second kappa shape index (κ2) is 5.33. The van der Waals surface area contributed by atoms with E-state index in [2.05, 4.69) is 34.4 Å². The Labute approximate surface area is 115 Å². The zero-order valence-electron chi connectivity index (χ0n) is 12.4. The largest absolute Gasteiger partial charge is 0.378 e. The number of rotatable bonds is 5. The second-order valence-electron chi connectivity index (χ2n) is 5.67. The molecule has 2 unspecified atom stereocenters. The third-order valence-electron chi connectivity index (χ3n) is 4.05. The number of anilines is 2. The average Bonchev–Trinajstić information content (AvgIpc) is 2.39. The molecule has 106 valence electrons. The quantitative estimate of drug-likeness (QED) is 0.855. The van der Waals surface area contributed by atoms with Gasteiger partial charge in [0.15, 0.2) is 0 Å². The van der Waals surface area contributed by atoms with Gasteiger partial charge in [0, 0.05) is 36.9 Å². The zero-order chi connectivity index (χ0) is 14.0. The van der Waals surface area contributed by atoms with Gasteiger partial charge in [0.25, 0.3) is 0 Å². The highest BCUT2D eigenvalue weighted by atomic mass is 16.5. The van der Waals surface area contributed by atoms with Crippen LogP contribution in [-0.2, 0) is 4.74 Å². The van der Waals surface area contributed by atoms with Crippen molar-refractivity contribution >= 4 is 11.8 Å². The van der Waals surface area contributed by atoms with Crippen molar-refractivity contribution in [3.63, 3.8) is 0 Å². The van der Waals surface area contributed by atoms with Crippen LogP contribution in [0.4, 0.5) is 11.8 Å². The van der Waals surface area contributed by atoms with Crippen LogP contribution < -0.4 is 10.6 Å². The first-order valence-corrected chi connectivity index (χ1v) is 6.88. The van der Waals surface area contributed by atoms with Gasteiger partial charge in [0.05, 0.1) is 6.10 Å². The van der Waals surface area contributed by atoms with E-state index in [1.54, 1.807) is 0 Å². The highest BCUT2D eigenvalue weighted by Gasteiger charge is 2.49. The number of aromatic nitrogens is 2. The van der Waals surface area contributed by atoms with Crippen molar-refractivity contribution in [1.29, 1.82) is 0 Å². The Kier molecular flexibility index (Phi) is 3.94. The molecule has 1 aliphatic rings. The zero-order valence-corrected chi connectivity index (χ0v) is 12.4. The Morgan fingerprint density at radius 1 is 1.47 bits per heavy atom. The Morgan fingerprint density at radius 2 is 2.21 bits per heavy atom. The van der Waals surface area contributed by atoms with E-state index in [1.807, 2.05) is 27.1 Å². The number of nitrogens with zero attached hydrogens (tertiary/aromatic N) is 2.